The Hall–Kier alpha value is -2.84. The fourth-order valence-electron chi connectivity index (χ4n) is 3.05. The number of carbonyl (C=O) groups is 1. The minimum atomic E-state index is -4.83. The minimum absolute atomic E-state index is 0. The molecule has 1 heterocycles. The second-order valence-electron chi connectivity index (χ2n) is 6.71. The van der Waals surface area contributed by atoms with Crippen molar-refractivity contribution >= 4 is 18.4 Å². The molecular weight excluding hydrogens is 433 g/mol. The Balaban J connectivity index is 0.00000341. The summed E-state index contributed by atoms with van der Waals surface area (Å²) in [5.41, 5.74) is 1.30. The second-order valence-corrected chi connectivity index (χ2v) is 6.71. The Morgan fingerprint density at radius 3 is 1.97 bits per heavy atom. The van der Waals surface area contributed by atoms with Crippen molar-refractivity contribution in [2.24, 2.45) is 0 Å². The van der Waals surface area contributed by atoms with Crippen LogP contribution in [0.25, 0.3) is 0 Å². The van der Waals surface area contributed by atoms with E-state index in [0.717, 1.165) is 18.2 Å². The van der Waals surface area contributed by atoms with E-state index in [0.29, 0.717) is 19.6 Å². The molecule has 0 saturated carbocycles. The Morgan fingerprint density at radius 2 is 1.52 bits per heavy atom. The van der Waals surface area contributed by atoms with E-state index in [1.165, 1.54) is 0 Å². The summed E-state index contributed by atoms with van der Waals surface area (Å²) in [6.45, 7) is 1.60. The van der Waals surface area contributed by atoms with Gasteiger partial charge >= 0.3 is 12.1 Å². The molecule has 0 saturated heterocycles. The number of aromatic nitrogens is 1. The van der Waals surface area contributed by atoms with E-state index in [1.807, 2.05) is 60.7 Å². The number of ether oxygens (including phenoxy) is 1. The molecule has 0 fully saturated rings. The summed E-state index contributed by atoms with van der Waals surface area (Å²) in [6.07, 6.45) is -4.72. The molecule has 0 aliphatic carbocycles. The van der Waals surface area contributed by atoms with E-state index in [2.05, 4.69) is 14.6 Å². The van der Waals surface area contributed by atoms with Gasteiger partial charge in [-0.3, -0.25) is 4.90 Å². The molecule has 0 unspecified atom stereocenters. The summed E-state index contributed by atoms with van der Waals surface area (Å²) in [7, 11) is 0.998. The number of methoxy groups -OCH3 is 1. The number of nitrogens with zero attached hydrogens (tertiary/aromatic N) is 2. The Kier molecular flexibility index (Phi) is 8.65. The van der Waals surface area contributed by atoms with Crippen LogP contribution in [0.2, 0.25) is 0 Å². The molecule has 0 atom stereocenters. The van der Waals surface area contributed by atoms with Crippen molar-refractivity contribution in [3.8, 4) is 0 Å². The zero-order chi connectivity index (χ0) is 21.6. The lowest BCUT2D eigenvalue weighted by atomic mass is 10.1. The van der Waals surface area contributed by atoms with Crippen molar-refractivity contribution in [2.75, 3.05) is 13.7 Å². The predicted octanol–water partition coefficient (Wildman–Crippen LogP) is 5.15. The maximum Gasteiger partial charge on any atom is 0.452 e. The average molecular weight is 455 g/mol. The van der Waals surface area contributed by atoms with Crippen LogP contribution in [0.3, 0.4) is 0 Å². The van der Waals surface area contributed by atoms with Gasteiger partial charge in [-0.2, -0.15) is 13.2 Å². The lowest BCUT2D eigenvalue weighted by Gasteiger charge is -2.22. The summed E-state index contributed by atoms with van der Waals surface area (Å²) in [5.74, 6) is -2.77. The maximum absolute atomic E-state index is 13.2. The lowest BCUT2D eigenvalue weighted by Crippen LogP contribution is -2.25. The normalized spacial score (nSPS) is 11.3. The third-order valence-corrected chi connectivity index (χ3v) is 4.45. The fourth-order valence-corrected chi connectivity index (χ4v) is 3.05. The molecular formula is C22H22ClF3N2O3. The van der Waals surface area contributed by atoms with Crippen LogP contribution in [0.4, 0.5) is 13.2 Å². The lowest BCUT2D eigenvalue weighted by molar-refractivity contribution is -0.154. The van der Waals surface area contributed by atoms with Gasteiger partial charge < -0.3 is 9.15 Å². The van der Waals surface area contributed by atoms with Crippen LogP contribution in [0.5, 0.6) is 0 Å². The van der Waals surface area contributed by atoms with Crippen LogP contribution in [0.1, 0.15) is 33.3 Å². The number of rotatable bonds is 8. The number of oxazole rings is 1. The van der Waals surface area contributed by atoms with Gasteiger partial charge in [-0.25, -0.2) is 9.78 Å². The van der Waals surface area contributed by atoms with Crippen molar-refractivity contribution in [3.63, 3.8) is 0 Å². The van der Waals surface area contributed by atoms with E-state index in [1.54, 1.807) is 0 Å². The summed E-state index contributed by atoms with van der Waals surface area (Å²) in [4.78, 5) is 17.5. The second kappa shape index (κ2) is 11.0. The van der Waals surface area contributed by atoms with E-state index >= 15 is 0 Å². The minimum Gasteiger partial charge on any atom is -0.464 e. The molecule has 166 valence electrons. The first-order valence-corrected chi connectivity index (χ1v) is 9.32. The van der Waals surface area contributed by atoms with E-state index < -0.39 is 23.6 Å². The monoisotopic (exact) mass is 454 g/mol. The van der Waals surface area contributed by atoms with Gasteiger partial charge in [0, 0.05) is 26.1 Å². The van der Waals surface area contributed by atoms with Crippen LogP contribution in [-0.2, 0) is 30.4 Å². The molecule has 31 heavy (non-hydrogen) atoms. The number of halogens is 4. The molecule has 3 aromatic rings. The van der Waals surface area contributed by atoms with E-state index in [4.69, 9.17) is 4.42 Å². The maximum atomic E-state index is 13.2. The average Bonchev–Trinajstić information content (AvgIpc) is 3.18. The van der Waals surface area contributed by atoms with Gasteiger partial charge in [-0.1, -0.05) is 60.7 Å². The zero-order valence-electron chi connectivity index (χ0n) is 16.8. The number of alkyl halides is 3. The van der Waals surface area contributed by atoms with Gasteiger partial charge in [0.2, 0.25) is 5.76 Å². The number of carbonyl (C=O) groups excluding carboxylic acids is 1. The topological polar surface area (TPSA) is 55.6 Å². The molecule has 0 aliphatic rings. The Bertz CT molecular complexity index is 922. The van der Waals surface area contributed by atoms with Crippen molar-refractivity contribution in [1.29, 1.82) is 0 Å². The molecule has 0 radical (unpaired) electrons. The van der Waals surface area contributed by atoms with Crippen molar-refractivity contribution in [3.05, 3.63) is 89.1 Å². The van der Waals surface area contributed by atoms with Gasteiger partial charge in [0.15, 0.2) is 11.6 Å². The van der Waals surface area contributed by atoms with Crippen LogP contribution in [0, 0.1) is 0 Å². The highest BCUT2D eigenvalue weighted by molar-refractivity contribution is 5.88. The molecule has 1 aromatic heterocycles. The largest absolute Gasteiger partial charge is 0.464 e. The SMILES string of the molecule is COC(=O)c1nc(CCN(Cc2ccccc2)Cc2ccccc2)oc1C(F)(F)F.Cl. The molecule has 2 aromatic carbocycles. The molecule has 0 N–H and O–H groups in total. The quantitative estimate of drug-likeness (QED) is 0.441. The van der Waals surface area contributed by atoms with Gasteiger partial charge in [0.25, 0.3) is 0 Å². The fraction of sp³-hybridized carbons (Fsp3) is 0.273. The van der Waals surface area contributed by atoms with Crippen LogP contribution < -0.4 is 0 Å². The van der Waals surface area contributed by atoms with Crippen molar-refractivity contribution in [2.45, 2.75) is 25.7 Å². The standard InChI is InChI=1S/C22H21F3N2O3.ClH/c1-29-21(28)19-20(22(23,24)25)30-18(26-19)12-13-27(14-16-8-4-2-5-9-16)15-17-10-6-3-7-11-17;/h2-11H,12-15H2,1H3;1H. The van der Waals surface area contributed by atoms with Crippen LogP contribution in [0.15, 0.2) is 65.1 Å². The number of hydrogen-bond acceptors (Lipinski definition) is 5. The summed E-state index contributed by atoms with van der Waals surface area (Å²) in [5, 5.41) is 0. The molecule has 0 bridgehead atoms. The number of benzene rings is 2. The number of esters is 1. The van der Waals surface area contributed by atoms with E-state index in [9.17, 15) is 18.0 Å². The highest BCUT2D eigenvalue weighted by atomic mass is 35.5. The van der Waals surface area contributed by atoms with Crippen LogP contribution in [-0.4, -0.2) is 29.5 Å². The molecule has 0 spiro atoms. The van der Waals surface area contributed by atoms with Crippen molar-refractivity contribution < 1.29 is 27.1 Å². The summed E-state index contributed by atoms with van der Waals surface area (Å²) in [6, 6.07) is 19.5. The van der Waals surface area contributed by atoms with Gasteiger partial charge in [-0.05, 0) is 11.1 Å². The van der Waals surface area contributed by atoms with Gasteiger partial charge in [-0.15, -0.1) is 12.4 Å². The molecule has 3 rings (SSSR count). The van der Waals surface area contributed by atoms with Crippen LogP contribution >= 0.6 is 12.4 Å². The summed E-state index contributed by atoms with van der Waals surface area (Å²) >= 11 is 0. The zero-order valence-corrected chi connectivity index (χ0v) is 17.6. The Morgan fingerprint density at radius 1 is 1.00 bits per heavy atom. The van der Waals surface area contributed by atoms with E-state index in [-0.39, 0.29) is 24.7 Å². The Labute approximate surface area is 184 Å². The first-order valence-electron chi connectivity index (χ1n) is 9.32. The third kappa shape index (κ3) is 6.83. The highest BCUT2D eigenvalue weighted by Gasteiger charge is 2.42. The smallest absolute Gasteiger partial charge is 0.452 e. The molecule has 0 amide bonds. The predicted molar refractivity (Wildman–Crippen MR) is 111 cm³/mol. The molecule has 0 aliphatic heterocycles. The van der Waals surface area contributed by atoms with Gasteiger partial charge in [0.05, 0.1) is 7.11 Å². The van der Waals surface area contributed by atoms with Gasteiger partial charge in [0.1, 0.15) is 0 Å². The highest BCUT2D eigenvalue weighted by Crippen LogP contribution is 2.33. The molecule has 5 nitrogen and oxygen atoms in total. The third-order valence-electron chi connectivity index (χ3n) is 4.45. The first kappa shape index (κ1) is 24.4. The van der Waals surface area contributed by atoms with Crippen molar-refractivity contribution in [1.82, 2.24) is 9.88 Å². The summed E-state index contributed by atoms with van der Waals surface area (Å²) < 4.78 is 48.8. The first-order chi connectivity index (χ1) is 14.4. The number of hydrogen-bond donors (Lipinski definition) is 0. The molecule has 9 heteroatoms.